The molecule has 0 atom stereocenters. The van der Waals surface area contributed by atoms with Gasteiger partial charge in [0.25, 0.3) is 0 Å². The Kier molecular flexibility index (Phi) is 3.61. The molecule has 112 valence electrons. The van der Waals surface area contributed by atoms with E-state index >= 15 is 0 Å². The molecule has 0 saturated heterocycles. The van der Waals surface area contributed by atoms with Gasteiger partial charge in [0.15, 0.2) is 0 Å². The van der Waals surface area contributed by atoms with E-state index in [9.17, 15) is 26.3 Å². The van der Waals surface area contributed by atoms with Crippen molar-refractivity contribution in [1.29, 1.82) is 0 Å². The van der Waals surface area contributed by atoms with Crippen molar-refractivity contribution in [2.45, 2.75) is 12.4 Å². The molecule has 2 rings (SSSR count). The maximum absolute atomic E-state index is 12.7. The SMILES string of the molecule is Nc1cc(-c2ccc(C(F)(F)F)cc2)cc(C(F)(F)F)c1. The van der Waals surface area contributed by atoms with Crippen molar-refractivity contribution < 1.29 is 26.3 Å². The molecule has 0 heterocycles. The van der Waals surface area contributed by atoms with Crippen molar-refractivity contribution in [3.8, 4) is 11.1 Å². The summed E-state index contributed by atoms with van der Waals surface area (Å²) in [7, 11) is 0. The largest absolute Gasteiger partial charge is 0.416 e. The Hall–Kier alpha value is -2.18. The number of anilines is 1. The lowest BCUT2D eigenvalue weighted by Gasteiger charge is -2.12. The average Bonchev–Trinajstić information content (AvgIpc) is 2.36. The molecule has 0 aromatic heterocycles. The van der Waals surface area contributed by atoms with Crippen LogP contribution in [-0.2, 0) is 12.4 Å². The van der Waals surface area contributed by atoms with E-state index in [0.29, 0.717) is 0 Å². The first-order chi connectivity index (χ1) is 9.57. The molecule has 0 aliphatic carbocycles. The molecule has 7 heteroatoms. The predicted octanol–water partition coefficient (Wildman–Crippen LogP) is 4.97. The predicted molar refractivity (Wildman–Crippen MR) is 66.3 cm³/mol. The lowest BCUT2D eigenvalue weighted by molar-refractivity contribution is -0.138. The smallest absolute Gasteiger partial charge is 0.399 e. The summed E-state index contributed by atoms with van der Waals surface area (Å²) < 4.78 is 75.4. The van der Waals surface area contributed by atoms with Crippen LogP contribution in [-0.4, -0.2) is 0 Å². The molecule has 2 aromatic rings. The minimum atomic E-state index is -4.57. The fourth-order valence-electron chi connectivity index (χ4n) is 1.83. The highest BCUT2D eigenvalue weighted by molar-refractivity contribution is 5.69. The van der Waals surface area contributed by atoms with Gasteiger partial charge in [-0.05, 0) is 41.5 Å². The van der Waals surface area contributed by atoms with Gasteiger partial charge >= 0.3 is 12.4 Å². The molecular weight excluding hydrogens is 296 g/mol. The summed E-state index contributed by atoms with van der Waals surface area (Å²) in [5, 5.41) is 0. The number of alkyl halides is 6. The molecular formula is C14H9F6N. The topological polar surface area (TPSA) is 26.0 Å². The van der Waals surface area contributed by atoms with Crippen LogP contribution in [0, 0.1) is 0 Å². The van der Waals surface area contributed by atoms with Gasteiger partial charge in [-0.15, -0.1) is 0 Å². The maximum atomic E-state index is 12.7. The number of halogens is 6. The van der Waals surface area contributed by atoms with Crippen LogP contribution in [0.1, 0.15) is 11.1 Å². The van der Waals surface area contributed by atoms with E-state index in [1.807, 2.05) is 0 Å². The summed E-state index contributed by atoms with van der Waals surface area (Å²) in [6.45, 7) is 0. The van der Waals surface area contributed by atoms with Gasteiger partial charge in [-0.25, -0.2) is 0 Å². The third-order valence-corrected chi connectivity index (χ3v) is 2.83. The molecule has 21 heavy (non-hydrogen) atoms. The van der Waals surface area contributed by atoms with Crippen LogP contribution in [0.15, 0.2) is 42.5 Å². The second kappa shape index (κ2) is 4.98. The molecule has 0 fully saturated rings. The summed E-state index contributed by atoms with van der Waals surface area (Å²) in [5.41, 5.74) is 3.82. The van der Waals surface area contributed by atoms with Gasteiger partial charge in [0.05, 0.1) is 11.1 Å². The number of rotatable bonds is 1. The first-order valence-electron chi connectivity index (χ1n) is 5.73. The third-order valence-electron chi connectivity index (χ3n) is 2.83. The van der Waals surface area contributed by atoms with E-state index in [1.54, 1.807) is 0 Å². The lowest BCUT2D eigenvalue weighted by Crippen LogP contribution is -2.06. The van der Waals surface area contributed by atoms with Crippen molar-refractivity contribution in [1.82, 2.24) is 0 Å². The van der Waals surface area contributed by atoms with Gasteiger partial charge in [-0.2, -0.15) is 26.3 Å². The van der Waals surface area contributed by atoms with Crippen LogP contribution in [0.3, 0.4) is 0 Å². The lowest BCUT2D eigenvalue weighted by atomic mass is 10.0. The second-order valence-electron chi connectivity index (χ2n) is 4.42. The molecule has 0 radical (unpaired) electrons. The van der Waals surface area contributed by atoms with Crippen LogP contribution in [0.4, 0.5) is 32.0 Å². The number of nitrogen functional groups attached to an aromatic ring is 1. The Morgan fingerprint density at radius 1 is 0.619 bits per heavy atom. The quantitative estimate of drug-likeness (QED) is 0.584. The van der Waals surface area contributed by atoms with Crippen LogP contribution in [0.25, 0.3) is 11.1 Å². The van der Waals surface area contributed by atoms with E-state index in [1.165, 1.54) is 6.07 Å². The number of benzene rings is 2. The van der Waals surface area contributed by atoms with Gasteiger partial charge in [0, 0.05) is 5.69 Å². The normalized spacial score (nSPS) is 12.5. The molecule has 0 spiro atoms. The van der Waals surface area contributed by atoms with Gasteiger partial charge in [-0.1, -0.05) is 12.1 Å². The Balaban J connectivity index is 2.45. The summed E-state index contributed by atoms with van der Waals surface area (Å²) >= 11 is 0. The number of hydrogen-bond acceptors (Lipinski definition) is 1. The Morgan fingerprint density at radius 3 is 1.62 bits per heavy atom. The van der Waals surface area contributed by atoms with Crippen molar-refractivity contribution in [2.24, 2.45) is 0 Å². The zero-order valence-electron chi connectivity index (χ0n) is 10.4. The van der Waals surface area contributed by atoms with Gasteiger partial charge < -0.3 is 5.73 Å². The van der Waals surface area contributed by atoms with Crippen LogP contribution < -0.4 is 5.73 Å². The van der Waals surface area contributed by atoms with Crippen LogP contribution in [0.5, 0.6) is 0 Å². The Bertz CT molecular complexity index is 640. The zero-order valence-corrected chi connectivity index (χ0v) is 10.4. The molecule has 0 saturated carbocycles. The fourth-order valence-corrected chi connectivity index (χ4v) is 1.83. The van der Waals surface area contributed by atoms with Gasteiger partial charge in [0.2, 0.25) is 0 Å². The second-order valence-corrected chi connectivity index (χ2v) is 4.42. The Morgan fingerprint density at radius 2 is 1.14 bits per heavy atom. The molecule has 0 bridgehead atoms. The van der Waals surface area contributed by atoms with Crippen molar-refractivity contribution in [3.05, 3.63) is 53.6 Å². The Labute approximate surface area is 116 Å². The van der Waals surface area contributed by atoms with E-state index in [4.69, 9.17) is 5.73 Å². The van der Waals surface area contributed by atoms with E-state index in [-0.39, 0.29) is 16.8 Å². The summed E-state index contributed by atoms with van der Waals surface area (Å²) in [4.78, 5) is 0. The van der Waals surface area contributed by atoms with Crippen LogP contribution >= 0.6 is 0 Å². The molecule has 1 nitrogen and oxygen atoms in total. The maximum Gasteiger partial charge on any atom is 0.416 e. The average molecular weight is 305 g/mol. The molecule has 0 aliphatic heterocycles. The van der Waals surface area contributed by atoms with Gasteiger partial charge in [-0.3, -0.25) is 0 Å². The minimum absolute atomic E-state index is 0.107. The van der Waals surface area contributed by atoms with Crippen molar-refractivity contribution in [2.75, 3.05) is 5.73 Å². The first-order valence-corrected chi connectivity index (χ1v) is 5.73. The highest BCUT2D eigenvalue weighted by Gasteiger charge is 2.32. The monoisotopic (exact) mass is 305 g/mol. The van der Waals surface area contributed by atoms with Gasteiger partial charge in [0.1, 0.15) is 0 Å². The van der Waals surface area contributed by atoms with Crippen molar-refractivity contribution >= 4 is 5.69 Å². The zero-order chi connectivity index (χ0) is 15.8. The summed E-state index contributed by atoms with van der Waals surface area (Å²) in [5.74, 6) is 0. The molecule has 0 aliphatic rings. The number of hydrogen-bond donors (Lipinski definition) is 1. The van der Waals surface area contributed by atoms with E-state index in [0.717, 1.165) is 36.4 Å². The highest BCUT2D eigenvalue weighted by atomic mass is 19.4. The highest BCUT2D eigenvalue weighted by Crippen LogP contribution is 2.35. The number of nitrogens with two attached hydrogens (primary N) is 1. The minimum Gasteiger partial charge on any atom is -0.399 e. The fraction of sp³-hybridized carbons (Fsp3) is 0.143. The molecule has 2 aromatic carbocycles. The summed E-state index contributed by atoms with van der Waals surface area (Å²) in [6, 6.07) is 6.73. The standard InChI is InChI=1S/C14H9F6N/c15-13(16,17)10-3-1-8(2-4-10)9-5-11(14(18,19)20)7-12(21)6-9/h1-7H,21H2. The molecule has 0 unspecified atom stereocenters. The first kappa shape index (κ1) is 15.2. The van der Waals surface area contributed by atoms with Crippen LogP contribution in [0.2, 0.25) is 0 Å². The summed E-state index contributed by atoms with van der Waals surface area (Å²) in [6.07, 6.45) is -9.07. The third kappa shape index (κ3) is 3.48. The van der Waals surface area contributed by atoms with E-state index in [2.05, 4.69) is 0 Å². The molecule has 2 N–H and O–H groups in total. The van der Waals surface area contributed by atoms with E-state index < -0.39 is 23.5 Å². The molecule has 0 amide bonds. The van der Waals surface area contributed by atoms with Crippen molar-refractivity contribution in [3.63, 3.8) is 0 Å².